The quantitative estimate of drug-likeness (QED) is 0.571. The average Bonchev–Trinajstić information content (AvgIpc) is 3.16. The Kier molecular flexibility index (Phi) is 5.06. The van der Waals surface area contributed by atoms with Gasteiger partial charge in [0.05, 0.1) is 5.54 Å². The topological polar surface area (TPSA) is 131 Å². The van der Waals surface area contributed by atoms with E-state index < -0.39 is 27.5 Å². The summed E-state index contributed by atoms with van der Waals surface area (Å²) in [6.07, 6.45) is 0.781. The maximum Gasteiger partial charge on any atom is 0.433 e. The Morgan fingerprint density at radius 1 is 1.12 bits per heavy atom. The second-order valence-electron chi connectivity index (χ2n) is 8.42. The van der Waals surface area contributed by atoms with Crippen LogP contribution in [-0.4, -0.2) is 46.9 Å². The van der Waals surface area contributed by atoms with Crippen molar-refractivity contribution in [1.82, 2.24) is 19.5 Å². The molecule has 0 unspecified atom stereocenters. The fourth-order valence-electron chi connectivity index (χ4n) is 4.75. The third-order valence-electron chi connectivity index (χ3n) is 6.23. The van der Waals surface area contributed by atoms with Crippen LogP contribution in [0.25, 0.3) is 11.0 Å². The zero-order valence-corrected chi connectivity index (χ0v) is 18.9. The van der Waals surface area contributed by atoms with Crippen molar-refractivity contribution >= 4 is 44.4 Å². The number of halogens is 3. The van der Waals surface area contributed by atoms with Gasteiger partial charge in [-0.05, 0) is 31.0 Å². The molecule has 1 aliphatic heterocycles. The Labute approximate surface area is 192 Å². The Morgan fingerprint density at radius 2 is 1.85 bits per heavy atom. The van der Waals surface area contributed by atoms with E-state index in [1.165, 1.54) is 30.4 Å². The lowest BCUT2D eigenvalue weighted by Crippen LogP contribution is -2.54. The Morgan fingerprint density at radius 3 is 2.47 bits per heavy atom. The minimum absolute atomic E-state index is 0.105. The number of hydrogen-bond acceptors (Lipinski definition) is 8. The zero-order chi connectivity index (χ0) is 24.3. The second kappa shape index (κ2) is 7.63. The molecule has 3 N–H and O–H groups in total. The lowest BCUT2D eigenvalue weighted by atomic mass is 9.77. The lowest BCUT2D eigenvalue weighted by Gasteiger charge is -2.45. The Balaban J connectivity index is 1.61. The summed E-state index contributed by atoms with van der Waals surface area (Å²) >= 11 is 0. The summed E-state index contributed by atoms with van der Waals surface area (Å²) in [4.78, 5) is 12.6. The van der Waals surface area contributed by atoms with E-state index in [1.54, 1.807) is 10.6 Å². The number of nitrogens with one attached hydrogen (secondary N) is 1. The maximum atomic E-state index is 14.2. The van der Waals surface area contributed by atoms with Crippen LogP contribution in [0.15, 0.2) is 40.6 Å². The first kappa shape index (κ1) is 22.5. The fraction of sp³-hybridized carbons (Fsp3) is 0.400. The molecule has 14 heteroatoms. The van der Waals surface area contributed by atoms with E-state index in [0.717, 1.165) is 12.6 Å². The van der Waals surface area contributed by atoms with E-state index in [1.807, 2.05) is 0 Å². The molecular weight excluding hydrogens is 473 g/mol. The maximum absolute atomic E-state index is 14.2. The van der Waals surface area contributed by atoms with Crippen molar-refractivity contribution in [2.45, 2.75) is 48.7 Å². The van der Waals surface area contributed by atoms with Crippen molar-refractivity contribution in [3.8, 4) is 0 Å². The molecule has 3 aromatic rings. The highest BCUT2D eigenvalue weighted by atomic mass is 32.2. The van der Waals surface area contributed by atoms with E-state index in [0.29, 0.717) is 42.5 Å². The van der Waals surface area contributed by atoms with Crippen molar-refractivity contribution in [1.29, 1.82) is 0 Å². The first-order valence-corrected chi connectivity index (χ1v) is 12.1. The van der Waals surface area contributed by atoms with E-state index in [2.05, 4.69) is 25.4 Å². The SMILES string of the molecule is CN1N=C(C(F)(F)F)C2(CCCCC2)n2c1cc1cnc(Nc3ccc(S(N)(=O)=O)cn3)nc12. The standard InChI is InChI=1S/C20H21F3N8O2S/c1-30-15-9-12-10-26-18(27-14-6-5-13(11-25-14)34(24,32)33)28-16(12)31(15)19(7-3-2-4-8-19)17(29-30)20(21,22)23/h5-6,9-11H,2-4,7-8H2,1H3,(H2,24,32,33)(H,25,26,27,28). The molecule has 1 aliphatic carbocycles. The average molecular weight is 495 g/mol. The first-order chi connectivity index (χ1) is 16.0. The van der Waals surface area contributed by atoms with E-state index in [-0.39, 0.29) is 16.7 Å². The molecule has 10 nitrogen and oxygen atoms in total. The monoisotopic (exact) mass is 494 g/mol. The van der Waals surface area contributed by atoms with Crippen LogP contribution in [0.1, 0.15) is 32.1 Å². The minimum Gasteiger partial charge on any atom is -0.309 e. The highest BCUT2D eigenvalue weighted by molar-refractivity contribution is 7.89. The second-order valence-corrected chi connectivity index (χ2v) is 9.98. The molecule has 4 heterocycles. The normalized spacial score (nSPS) is 18.1. The van der Waals surface area contributed by atoms with Gasteiger partial charge in [-0.1, -0.05) is 19.3 Å². The van der Waals surface area contributed by atoms with Gasteiger partial charge < -0.3 is 5.32 Å². The molecule has 180 valence electrons. The van der Waals surface area contributed by atoms with E-state index in [9.17, 15) is 21.6 Å². The summed E-state index contributed by atoms with van der Waals surface area (Å²) in [5.41, 5.74) is -1.82. The number of primary sulfonamides is 1. The molecule has 0 atom stereocenters. The molecule has 0 saturated heterocycles. The van der Waals surface area contributed by atoms with Crippen LogP contribution >= 0.6 is 0 Å². The summed E-state index contributed by atoms with van der Waals surface area (Å²) in [5, 5.41) is 13.7. The number of anilines is 3. The highest BCUT2D eigenvalue weighted by Crippen LogP contribution is 2.48. The van der Waals surface area contributed by atoms with E-state index in [4.69, 9.17) is 5.14 Å². The van der Waals surface area contributed by atoms with Crippen molar-refractivity contribution < 1.29 is 21.6 Å². The van der Waals surface area contributed by atoms with Gasteiger partial charge in [-0.2, -0.15) is 23.3 Å². The van der Waals surface area contributed by atoms with Crippen molar-refractivity contribution in [2.24, 2.45) is 10.2 Å². The number of fused-ring (bicyclic) bond motifs is 4. The number of rotatable bonds is 3. The van der Waals surface area contributed by atoms with E-state index >= 15 is 0 Å². The van der Waals surface area contributed by atoms with Crippen LogP contribution in [0.3, 0.4) is 0 Å². The van der Waals surface area contributed by atoms with Crippen LogP contribution in [0.2, 0.25) is 0 Å². The molecular formula is C20H21F3N8O2S. The van der Waals surface area contributed by atoms with Gasteiger partial charge in [0.1, 0.15) is 22.2 Å². The Hall–Kier alpha value is -3.26. The number of alkyl halides is 3. The zero-order valence-electron chi connectivity index (χ0n) is 18.0. The van der Waals surface area contributed by atoms with Crippen molar-refractivity contribution in [2.75, 3.05) is 17.4 Å². The van der Waals surface area contributed by atoms with Crippen LogP contribution < -0.4 is 15.5 Å². The number of pyridine rings is 1. The number of aromatic nitrogens is 4. The van der Waals surface area contributed by atoms with Gasteiger partial charge in [0, 0.05) is 24.8 Å². The van der Waals surface area contributed by atoms with Gasteiger partial charge >= 0.3 is 6.18 Å². The Bertz CT molecular complexity index is 1390. The highest BCUT2D eigenvalue weighted by Gasteiger charge is 2.55. The fourth-order valence-corrected chi connectivity index (χ4v) is 5.21. The number of nitrogens with two attached hydrogens (primary N) is 1. The third kappa shape index (κ3) is 3.66. The van der Waals surface area contributed by atoms with Crippen molar-refractivity contribution in [3.05, 3.63) is 30.6 Å². The lowest BCUT2D eigenvalue weighted by molar-refractivity contribution is -0.0685. The number of hydrazone groups is 1. The molecule has 1 spiro atoms. The predicted molar refractivity (Wildman–Crippen MR) is 119 cm³/mol. The summed E-state index contributed by atoms with van der Waals surface area (Å²) in [6, 6.07) is 4.40. The molecule has 2 aliphatic rings. The largest absolute Gasteiger partial charge is 0.433 e. The summed E-state index contributed by atoms with van der Waals surface area (Å²) in [5.74, 6) is 0.861. The molecule has 1 saturated carbocycles. The molecule has 0 amide bonds. The van der Waals surface area contributed by atoms with Gasteiger partial charge in [0.2, 0.25) is 16.0 Å². The molecule has 5 rings (SSSR count). The molecule has 0 aromatic carbocycles. The first-order valence-electron chi connectivity index (χ1n) is 10.5. The van der Waals surface area contributed by atoms with Gasteiger partial charge in [0.25, 0.3) is 0 Å². The molecule has 0 bridgehead atoms. The minimum atomic E-state index is -4.59. The molecule has 3 aromatic heterocycles. The summed E-state index contributed by atoms with van der Waals surface area (Å²) < 4.78 is 66.9. The smallest absolute Gasteiger partial charge is 0.309 e. The van der Waals surface area contributed by atoms with Crippen molar-refractivity contribution in [3.63, 3.8) is 0 Å². The summed E-state index contributed by atoms with van der Waals surface area (Å²) in [7, 11) is -2.41. The van der Waals surface area contributed by atoms with Gasteiger partial charge in [-0.15, -0.1) is 0 Å². The van der Waals surface area contributed by atoms with Crippen LogP contribution in [-0.2, 0) is 15.6 Å². The number of hydrogen-bond donors (Lipinski definition) is 2. The van der Waals surface area contributed by atoms with Gasteiger partial charge in [-0.25, -0.2) is 23.5 Å². The molecule has 1 fully saturated rings. The number of sulfonamides is 1. The third-order valence-corrected chi connectivity index (χ3v) is 7.12. The number of nitrogens with zero attached hydrogens (tertiary/aromatic N) is 6. The summed E-state index contributed by atoms with van der Waals surface area (Å²) in [6.45, 7) is 0. The van der Waals surface area contributed by atoms with Crippen LogP contribution in [0, 0.1) is 0 Å². The van der Waals surface area contributed by atoms with Gasteiger partial charge in [0.15, 0.2) is 5.71 Å². The van der Waals surface area contributed by atoms with Gasteiger partial charge in [-0.3, -0.25) is 9.58 Å². The van der Waals surface area contributed by atoms with Crippen LogP contribution in [0.5, 0.6) is 0 Å². The van der Waals surface area contributed by atoms with Crippen LogP contribution in [0.4, 0.5) is 30.8 Å². The predicted octanol–water partition coefficient (Wildman–Crippen LogP) is 3.24. The molecule has 0 radical (unpaired) electrons. The molecule has 34 heavy (non-hydrogen) atoms.